The molecule has 0 bridgehead atoms. The minimum absolute atomic E-state index is 0.0248. The van der Waals surface area contributed by atoms with Gasteiger partial charge in [-0.1, -0.05) is 37.3 Å². The number of carbonyl (C=O) groups excluding carboxylic acids is 1. The van der Waals surface area contributed by atoms with E-state index in [0.29, 0.717) is 18.0 Å². The summed E-state index contributed by atoms with van der Waals surface area (Å²) >= 11 is 0. The topological polar surface area (TPSA) is 50.2 Å². The first-order chi connectivity index (χ1) is 11.7. The van der Waals surface area contributed by atoms with Gasteiger partial charge >= 0.3 is 0 Å². The van der Waals surface area contributed by atoms with E-state index in [0.717, 1.165) is 26.2 Å². The lowest BCUT2D eigenvalue weighted by Gasteiger charge is -2.14. The van der Waals surface area contributed by atoms with Gasteiger partial charge in [0.2, 0.25) is 0 Å². The molecule has 128 valence electrons. The first-order valence-electron chi connectivity index (χ1n) is 8.81. The van der Waals surface area contributed by atoms with Crippen LogP contribution in [0.25, 0.3) is 0 Å². The molecule has 0 aliphatic carbocycles. The van der Waals surface area contributed by atoms with E-state index in [1.54, 1.807) is 6.20 Å². The molecule has 0 radical (unpaired) electrons. The highest BCUT2D eigenvalue weighted by atomic mass is 16.1. The second-order valence-electron chi connectivity index (χ2n) is 6.58. The third-order valence-corrected chi connectivity index (χ3v) is 4.54. The van der Waals surface area contributed by atoms with E-state index in [1.807, 2.05) is 29.1 Å². The normalized spacial score (nSPS) is 18.0. The number of aromatic nitrogens is 2. The number of hydrogen-bond donors (Lipinski definition) is 1. The Morgan fingerprint density at radius 2 is 2.17 bits per heavy atom. The van der Waals surface area contributed by atoms with Gasteiger partial charge in [0.1, 0.15) is 0 Å². The van der Waals surface area contributed by atoms with Gasteiger partial charge in [-0.05, 0) is 37.4 Å². The molecular formula is C19H26N4O. The molecule has 1 amide bonds. The first-order valence-corrected chi connectivity index (χ1v) is 8.81. The van der Waals surface area contributed by atoms with Crippen LogP contribution in [-0.4, -0.2) is 46.8 Å². The molecule has 0 saturated carbocycles. The molecule has 1 aliphatic heterocycles. The number of rotatable bonds is 7. The van der Waals surface area contributed by atoms with E-state index < -0.39 is 0 Å². The van der Waals surface area contributed by atoms with Crippen LogP contribution in [0.15, 0.2) is 42.7 Å². The quantitative estimate of drug-likeness (QED) is 0.850. The molecule has 2 aromatic rings. The van der Waals surface area contributed by atoms with E-state index in [4.69, 9.17) is 0 Å². The van der Waals surface area contributed by atoms with E-state index in [-0.39, 0.29) is 5.91 Å². The molecule has 3 rings (SSSR count). The van der Waals surface area contributed by atoms with Crippen LogP contribution in [0.5, 0.6) is 0 Å². The van der Waals surface area contributed by atoms with Crippen LogP contribution < -0.4 is 5.32 Å². The molecule has 5 heteroatoms. The Kier molecular flexibility index (Phi) is 5.64. The van der Waals surface area contributed by atoms with Gasteiger partial charge in [-0.25, -0.2) is 0 Å². The Morgan fingerprint density at radius 1 is 1.33 bits per heavy atom. The van der Waals surface area contributed by atoms with Gasteiger partial charge in [0.25, 0.3) is 5.91 Å². The summed E-state index contributed by atoms with van der Waals surface area (Å²) < 4.78 is 1.81. The minimum atomic E-state index is -0.0248. The fourth-order valence-electron chi connectivity index (χ4n) is 3.28. The molecule has 1 unspecified atom stereocenters. The smallest absolute Gasteiger partial charge is 0.254 e. The van der Waals surface area contributed by atoms with Crippen molar-refractivity contribution in [3.8, 4) is 0 Å². The van der Waals surface area contributed by atoms with Crippen molar-refractivity contribution in [3.05, 3.63) is 53.9 Å². The van der Waals surface area contributed by atoms with Crippen LogP contribution in [0.3, 0.4) is 0 Å². The van der Waals surface area contributed by atoms with Crippen molar-refractivity contribution in [2.75, 3.05) is 26.2 Å². The average molecular weight is 326 g/mol. The fraction of sp³-hybridized carbons (Fsp3) is 0.474. The fourth-order valence-corrected chi connectivity index (χ4v) is 3.28. The number of likely N-dealkylation sites (tertiary alicyclic amines) is 1. The maximum absolute atomic E-state index is 12.3. The number of amides is 1. The second kappa shape index (κ2) is 8.11. The number of nitrogens with zero attached hydrogens (tertiary/aromatic N) is 3. The maximum Gasteiger partial charge on any atom is 0.254 e. The molecule has 1 saturated heterocycles. The first kappa shape index (κ1) is 16.7. The van der Waals surface area contributed by atoms with Gasteiger partial charge < -0.3 is 10.2 Å². The van der Waals surface area contributed by atoms with E-state index in [1.165, 1.54) is 18.4 Å². The SMILES string of the molecule is CCCN1CCC(CNC(=O)c2cnn(Cc3ccccc3)c2)C1. The Balaban J connectivity index is 1.47. The zero-order valence-corrected chi connectivity index (χ0v) is 14.3. The molecule has 0 spiro atoms. The van der Waals surface area contributed by atoms with Gasteiger partial charge in [-0.15, -0.1) is 0 Å². The number of benzene rings is 1. The van der Waals surface area contributed by atoms with Gasteiger partial charge in [-0.3, -0.25) is 9.48 Å². The van der Waals surface area contributed by atoms with Gasteiger partial charge in [0.15, 0.2) is 0 Å². The molecule has 1 aromatic carbocycles. The van der Waals surface area contributed by atoms with Crippen LogP contribution in [-0.2, 0) is 6.54 Å². The second-order valence-corrected chi connectivity index (χ2v) is 6.58. The summed E-state index contributed by atoms with van der Waals surface area (Å²) in [4.78, 5) is 14.8. The maximum atomic E-state index is 12.3. The van der Waals surface area contributed by atoms with Crippen molar-refractivity contribution in [1.82, 2.24) is 20.0 Å². The highest BCUT2D eigenvalue weighted by Gasteiger charge is 2.22. The molecule has 1 aromatic heterocycles. The summed E-state index contributed by atoms with van der Waals surface area (Å²) in [5.74, 6) is 0.545. The Morgan fingerprint density at radius 3 is 2.96 bits per heavy atom. The largest absolute Gasteiger partial charge is 0.352 e. The molecule has 1 atom stereocenters. The highest BCUT2D eigenvalue weighted by Crippen LogP contribution is 2.15. The van der Waals surface area contributed by atoms with Crippen molar-refractivity contribution in [1.29, 1.82) is 0 Å². The summed E-state index contributed by atoms with van der Waals surface area (Å²) in [6.07, 6.45) is 5.84. The summed E-state index contributed by atoms with van der Waals surface area (Å²) in [5, 5.41) is 7.36. The molecule has 1 fully saturated rings. The molecule has 24 heavy (non-hydrogen) atoms. The number of hydrogen-bond acceptors (Lipinski definition) is 3. The third-order valence-electron chi connectivity index (χ3n) is 4.54. The Hall–Kier alpha value is -2.14. The lowest BCUT2D eigenvalue weighted by molar-refractivity contribution is 0.0947. The van der Waals surface area contributed by atoms with E-state index in [9.17, 15) is 4.79 Å². The Labute approximate surface area is 143 Å². The lowest BCUT2D eigenvalue weighted by Crippen LogP contribution is -2.31. The predicted molar refractivity (Wildman–Crippen MR) is 94.9 cm³/mol. The Bertz CT molecular complexity index is 652. The number of carbonyl (C=O) groups is 1. The van der Waals surface area contributed by atoms with Crippen LogP contribution in [0.2, 0.25) is 0 Å². The van der Waals surface area contributed by atoms with Crippen LogP contribution in [0.1, 0.15) is 35.7 Å². The lowest BCUT2D eigenvalue weighted by atomic mass is 10.1. The van der Waals surface area contributed by atoms with Crippen LogP contribution in [0, 0.1) is 5.92 Å². The predicted octanol–water partition coefficient (Wildman–Crippen LogP) is 2.39. The van der Waals surface area contributed by atoms with Crippen molar-refractivity contribution in [3.63, 3.8) is 0 Å². The minimum Gasteiger partial charge on any atom is -0.352 e. The molecule has 1 aliphatic rings. The van der Waals surface area contributed by atoms with Crippen molar-refractivity contribution in [2.24, 2.45) is 5.92 Å². The van der Waals surface area contributed by atoms with Crippen molar-refractivity contribution < 1.29 is 4.79 Å². The van der Waals surface area contributed by atoms with Crippen LogP contribution >= 0.6 is 0 Å². The van der Waals surface area contributed by atoms with Crippen LogP contribution in [0.4, 0.5) is 0 Å². The van der Waals surface area contributed by atoms with E-state index >= 15 is 0 Å². The summed E-state index contributed by atoms with van der Waals surface area (Å²) in [6.45, 7) is 7.06. The van der Waals surface area contributed by atoms with Crippen molar-refractivity contribution >= 4 is 5.91 Å². The molecular weight excluding hydrogens is 300 g/mol. The highest BCUT2D eigenvalue weighted by molar-refractivity contribution is 5.93. The van der Waals surface area contributed by atoms with E-state index in [2.05, 4.69) is 34.4 Å². The average Bonchev–Trinajstić information content (AvgIpc) is 3.24. The van der Waals surface area contributed by atoms with Gasteiger partial charge in [0, 0.05) is 19.3 Å². The molecule has 2 heterocycles. The zero-order chi connectivity index (χ0) is 16.8. The van der Waals surface area contributed by atoms with Gasteiger partial charge in [0.05, 0.1) is 18.3 Å². The molecule has 5 nitrogen and oxygen atoms in total. The number of nitrogens with one attached hydrogen (secondary N) is 1. The summed E-state index contributed by atoms with van der Waals surface area (Å²) in [5.41, 5.74) is 1.81. The standard InChI is InChI=1S/C19H26N4O/c1-2-9-22-10-8-17(13-22)11-20-19(24)18-12-21-23(15-18)14-16-6-4-3-5-7-16/h3-7,12,15,17H,2,8-11,13-14H2,1H3,(H,20,24). The summed E-state index contributed by atoms with van der Waals surface area (Å²) in [7, 11) is 0. The summed E-state index contributed by atoms with van der Waals surface area (Å²) in [6, 6.07) is 10.1. The van der Waals surface area contributed by atoms with Gasteiger partial charge in [-0.2, -0.15) is 5.10 Å². The zero-order valence-electron chi connectivity index (χ0n) is 14.3. The monoisotopic (exact) mass is 326 g/mol. The van der Waals surface area contributed by atoms with Crippen molar-refractivity contribution in [2.45, 2.75) is 26.3 Å². The molecule has 1 N–H and O–H groups in total. The third kappa shape index (κ3) is 4.45.